The molecule has 3 heterocycles. The largest absolute Gasteiger partial charge is 0.483 e. The summed E-state index contributed by atoms with van der Waals surface area (Å²) in [5.74, 6) is -0.967. The number of hydrogen-bond acceptors (Lipinski definition) is 6. The van der Waals surface area contributed by atoms with Crippen molar-refractivity contribution in [3.05, 3.63) is 17.0 Å². The normalized spacial score (nSPS) is 23.6. The van der Waals surface area contributed by atoms with Gasteiger partial charge in [0.2, 0.25) is 5.91 Å². The van der Waals surface area contributed by atoms with Crippen molar-refractivity contribution in [3.8, 4) is 0 Å². The summed E-state index contributed by atoms with van der Waals surface area (Å²) in [5.41, 5.74) is 1.51. The van der Waals surface area contributed by atoms with Gasteiger partial charge in [-0.15, -0.1) is 0 Å². The molecule has 0 bridgehead atoms. The van der Waals surface area contributed by atoms with Crippen molar-refractivity contribution in [1.82, 2.24) is 20.0 Å². The van der Waals surface area contributed by atoms with Crippen LogP contribution in [0.3, 0.4) is 0 Å². The van der Waals surface area contributed by atoms with E-state index in [0.29, 0.717) is 25.1 Å². The van der Waals surface area contributed by atoms with Gasteiger partial charge < -0.3 is 19.8 Å². The van der Waals surface area contributed by atoms with Crippen LogP contribution >= 0.6 is 0 Å². The van der Waals surface area contributed by atoms with Crippen LogP contribution in [-0.4, -0.2) is 86.4 Å². The Morgan fingerprint density at radius 1 is 1.33 bits per heavy atom. The van der Waals surface area contributed by atoms with Crippen molar-refractivity contribution in [2.45, 2.75) is 52.0 Å². The molecule has 1 aromatic rings. The lowest BCUT2D eigenvalue weighted by Crippen LogP contribution is -2.55. The second-order valence-electron chi connectivity index (χ2n) is 6.84. The van der Waals surface area contributed by atoms with Crippen molar-refractivity contribution in [1.29, 1.82) is 0 Å². The van der Waals surface area contributed by atoms with Crippen LogP contribution in [0.25, 0.3) is 0 Å². The highest BCUT2D eigenvalue weighted by molar-refractivity contribution is 5.88. The summed E-state index contributed by atoms with van der Waals surface area (Å²) in [7, 11) is 0. The highest BCUT2D eigenvalue weighted by Crippen LogP contribution is 2.22. The zero-order valence-corrected chi connectivity index (χ0v) is 15.7. The van der Waals surface area contributed by atoms with Crippen LogP contribution < -0.4 is 0 Å². The molecule has 3 N–H and O–H groups in total. The van der Waals surface area contributed by atoms with Gasteiger partial charge in [-0.2, -0.15) is 5.10 Å². The first-order chi connectivity index (χ1) is 12.8. The topological polar surface area (TPSA) is 136 Å². The minimum Gasteiger partial charge on any atom is -0.483 e. The Labute approximate surface area is 157 Å². The molecule has 0 aliphatic carbocycles. The quantitative estimate of drug-likeness (QED) is 0.630. The van der Waals surface area contributed by atoms with Crippen molar-refractivity contribution < 1.29 is 29.3 Å². The van der Waals surface area contributed by atoms with Crippen LogP contribution in [0.4, 0.5) is 0 Å². The second kappa shape index (κ2) is 8.96. The van der Waals surface area contributed by atoms with E-state index in [2.05, 4.69) is 15.1 Å². The smallest absolute Gasteiger partial charge is 0.356 e. The number of amides is 1. The van der Waals surface area contributed by atoms with Gasteiger partial charge in [-0.25, -0.2) is 4.79 Å². The molecule has 150 valence electrons. The third kappa shape index (κ3) is 4.83. The van der Waals surface area contributed by atoms with E-state index in [1.165, 1.54) is 0 Å². The zero-order chi connectivity index (χ0) is 20.1. The second-order valence-corrected chi connectivity index (χ2v) is 6.84. The third-order valence-electron chi connectivity index (χ3n) is 4.80. The van der Waals surface area contributed by atoms with Gasteiger partial charge in [-0.1, -0.05) is 0 Å². The molecule has 0 aromatic carbocycles. The number of carboxylic acids is 1. The molecule has 1 fully saturated rings. The summed E-state index contributed by atoms with van der Waals surface area (Å²) in [6.07, 6.45) is 0.743. The lowest BCUT2D eigenvalue weighted by molar-refractivity contribution is -0.142. The molecule has 2 aliphatic heterocycles. The average Bonchev–Trinajstić information content (AvgIpc) is 3.03. The predicted molar refractivity (Wildman–Crippen MR) is 94.4 cm³/mol. The number of carboxylic acid groups (broad SMARTS) is 2. The Hall–Kier alpha value is -2.46. The number of H-pyrrole nitrogens is 1. The number of carbonyl (C=O) groups excluding carboxylic acids is 1. The molecule has 1 saturated heterocycles. The van der Waals surface area contributed by atoms with Gasteiger partial charge in [-0.05, 0) is 27.2 Å². The number of aromatic nitrogens is 2. The van der Waals surface area contributed by atoms with Crippen molar-refractivity contribution in [3.63, 3.8) is 0 Å². The minimum absolute atomic E-state index is 0.0634. The van der Waals surface area contributed by atoms with Crippen LogP contribution in [0.1, 0.15) is 42.5 Å². The Kier molecular flexibility index (Phi) is 6.92. The summed E-state index contributed by atoms with van der Waals surface area (Å²) in [5, 5.41) is 22.6. The fourth-order valence-corrected chi connectivity index (χ4v) is 3.64. The van der Waals surface area contributed by atoms with E-state index in [-0.39, 0.29) is 36.3 Å². The van der Waals surface area contributed by atoms with Crippen LogP contribution in [0, 0.1) is 0 Å². The van der Waals surface area contributed by atoms with E-state index in [9.17, 15) is 9.59 Å². The summed E-state index contributed by atoms with van der Waals surface area (Å²) in [6.45, 7) is 8.10. The molecule has 1 unspecified atom stereocenters. The van der Waals surface area contributed by atoms with Gasteiger partial charge in [0.1, 0.15) is 0 Å². The zero-order valence-electron chi connectivity index (χ0n) is 15.7. The van der Waals surface area contributed by atoms with Crippen LogP contribution in [0.5, 0.6) is 0 Å². The first-order valence-electron chi connectivity index (χ1n) is 8.84. The molecular weight excluding hydrogens is 356 g/mol. The molecule has 2 aliphatic rings. The molecule has 1 amide bonds. The number of aromatic carboxylic acids is 1. The van der Waals surface area contributed by atoms with Crippen molar-refractivity contribution in [2.75, 3.05) is 19.6 Å². The maximum absolute atomic E-state index is 12.9. The molecule has 0 spiro atoms. The molecular formula is C17H26N4O6. The summed E-state index contributed by atoms with van der Waals surface area (Å²) in [4.78, 5) is 36.3. The number of nitrogens with one attached hydrogen (secondary N) is 1. The molecule has 0 saturated carbocycles. The maximum Gasteiger partial charge on any atom is 0.356 e. The third-order valence-corrected chi connectivity index (χ3v) is 4.80. The van der Waals surface area contributed by atoms with E-state index in [0.717, 1.165) is 18.8 Å². The average molecular weight is 382 g/mol. The highest BCUT2D eigenvalue weighted by Gasteiger charge is 2.34. The van der Waals surface area contributed by atoms with Crippen LogP contribution in [-0.2, 0) is 27.3 Å². The first-order valence-corrected chi connectivity index (χ1v) is 8.84. The van der Waals surface area contributed by atoms with Gasteiger partial charge in [0.15, 0.2) is 5.69 Å². The number of rotatable bonds is 3. The number of nitrogens with zero attached hydrogens (tertiary/aromatic N) is 3. The maximum atomic E-state index is 12.9. The van der Waals surface area contributed by atoms with Gasteiger partial charge in [-0.3, -0.25) is 19.6 Å². The number of hydrogen-bond donors (Lipinski definition) is 3. The lowest BCUT2D eigenvalue weighted by Gasteiger charge is -2.40. The van der Waals surface area contributed by atoms with E-state index in [1.807, 2.05) is 20.8 Å². The fraction of sp³-hybridized carbons (Fsp3) is 0.647. The minimum atomic E-state index is -1.03. The lowest BCUT2D eigenvalue weighted by atomic mass is 10.0. The number of fused-ring (bicyclic) bond motifs is 1. The molecule has 3 rings (SSSR count). The van der Waals surface area contributed by atoms with Gasteiger partial charge in [0.25, 0.3) is 6.47 Å². The predicted octanol–water partition coefficient (Wildman–Crippen LogP) is 0.191. The molecule has 10 nitrogen and oxygen atoms in total. The monoisotopic (exact) mass is 382 g/mol. The summed E-state index contributed by atoms with van der Waals surface area (Å²) < 4.78 is 5.73. The van der Waals surface area contributed by atoms with E-state index in [4.69, 9.17) is 19.7 Å². The van der Waals surface area contributed by atoms with E-state index < -0.39 is 5.97 Å². The number of ether oxygens (including phenoxy) is 1. The number of morpholine rings is 1. The van der Waals surface area contributed by atoms with Crippen molar-refractivity contribution in [2.24, 2.45) is 0 Å². The van der Waals surface area contributed by atoms with Gasteiger partial charge in [0.05, 0.1) is 30.5 Å². The Balaban J connectivity index is 0.000000817. The Morgan fingerprint density at radius 2 is 1.93 bits per heavy atom. The Morgan fingerprint density at radius 3 is 2.48 bits per heavy atom. The van der Waals surface area contributed by atoms with Crippen LogP contribution in [0.15, 0.2) is 0 Å². The molecule has 0 radical (unpaired) electrons. The summed E-state index contributed by atoms with van der Waals surface area (Å²) in [6, 6.07) is -0.220. The molecule has 1 aromatic heterocycles. The number of carbonyl (C=O) groups is 3. The van der Waals surface area contributed by atoms with Crippen molar-refractivity contribution >= 4 is 18.3 Å². The standard InChI is InChI=1S/C16H24N4O4.CH2O2/c1-9-6-20(7-10(2)24-9)11(3)15(21)19-5-4-12-13(8-19)17-18-14(12)16(22)23;2-1-3/h9-11H,4-8H2,1-3H3,(H,17,18)(H,22,23);1H,(H,2,3)/t9-,10+,11?;. The molecule has 10 heteroatoms. The van der Waals surface area contributed by atoms with E-state index in [1.54, 1.807) is 4.90 Å². The Bertz CT molecular complexity index is 681. The summed E-state index contributed by atoms with van der Waals surface area (Å²) >= 11 is 0. The van der Waals surface area contributed by atoms with E-state index >= 15 is 0 Å². The molecule has 3 atom stereocenters. The fourth-order valence-electron chi connectivity index (χ4n) is 3.64. The molecule has 27 heavy (non-hydrogen) atoms. The van der Waals surface area contributed by atoms with Gasteiger partial charge >= 0.3 is 5.97 Å². The van der Waals surface area contributed by atoms with Crippen LogP contribution in [0.2, 0.25) is 0 Å². The first kappa shape index (κ1) is 20.8. The highest BCUT2D eigenvalue weighted by atomic mass is 16.5. The SMILES string of the molecule is CC(C(=O)N1CCc2c(C(=O)O)n[nH]c2C1)N1C[C@@H](C)O[C@@H](C)C1.O=CO. The number of aromatic amines is 1. The van der Waals surface area contributed by atoms with Gasteiger partial charge in [0, 0.05) is 25.2 Å².